The Labute approximate surface area is 175 Å². The average molecular weight is 458 g/mol. The number of hydrogen-bond acceptors (Lipinski definition) is 5. The maximum absolute atomic E-state index is 13.1. The van der Waals surface area contributed by atoms with Crippen LogP contribution in [-0.4, -0.2) is 29.0 Å². The van der Waals surface area contributed by atoms with Gasteiger partial charge in [-0.15, -0.1) is 10.2 Å². The monoisotopic (exact) mass is 457 g/mol. The van der Waals surface area contributed by atoms with Gasteiger partial charge in [-0.25, -0.2) is 8.42 Å². The van der Waals surface area contributed by atoms with Gasteiger partial charge in [-0.05, 0) is 55.3 Å². The largest absolute Gasteiger partial charge is 0.419 e. The molecular weight excluding hydrogens is 443 g/mol. The van der Waals surface area contributed by atoms with E-state index >= 15 is 0 Å². The van der Waals surface area contributed by atoms with Gasteiger partial charge in [-0.2, -0.15) is 17.5 Å². The molecule has 0 radical (unpaired) electrons. The van der Waals surface area contributed by atoms with Gasteiger partial charge >= 0.3 is 6.18 Å². The van der Waals surface area contributed by atoms with Gasteiger partial charge in [0.2, 0.25) is 21.8 Å². The molecule has 0 atom stereocenters. The van der Waals surface area contributed by atoms with E-state index in [1.165, 1.54) is 0 Å². The molecule has 158 valence electrons. The van der Waals surface area contributed by atoms with Crippen LogP contribution in [0.25, 0.3) is 11.5 Å². The van der Waals surface area contributed by atoms with Gasteiger partial charge in [0.25, 0.3) is 0 Å². The first-order chi connectivity index (χ1) is 14.1. The molecule has 0 N–H and O–H groups in total. The van der Waals surface area contributed by atoms with Gasteiger partial charge in [-0.1, -0.05) is 17.7 Å². The molecule has 1 aliphatic rings. The first-order valence-corrected chi connectivity index (χ1v) is 10.7. The number of rotatable bonds is 6. The SMILES string of the molecule is O=S(=O)(c1cccc(C(F)(F)F)c1)N(Cc1nnc(-c2ccc(Cl)cc2)o1)C1CC1. The van der Waals surface area contributed by atoms with Crippen LogP contribution in [-0.2, 0) is 22.7 Å². The molecular formula is C19H15ClF3N3O3S. The highest BCUT2D eigenvalue weighted by atomic mass is 35.5. The van der Waals surface area contributed by atoms with Crippen LogP contribution in [0, 0.1) is 0 Å². The van der Waals surface area contributed by atoms with Crippen LogP contribution < -0.4 is 0 Å². The Morgan fingerprint density at radius 3 is 2.43 bits per heavy atom. The quantitative estimate of drug-likeness (QED) is 0.533. The normalized spacial score (nSPS) is 15.0. The zero-order valence-corrected chi connectivity index (χ0v) is 16.9. The highest BCUT2D eigenvalue weighted by Gasteiger charge is 2.40. The first kappa shape index (κ1) is 20.8. The van der Waals surface area contributed by atoms with E-state index in [2.05, 4.69) is 10.2 Å². The topological polar surface area (TPSA) is 76.3 Å². The summed E-state index contributed by atoms with van der Waals surface area (Å²) in [5.41, 5.74) is -0.418. The fourth-order valence-corrected chi connectivity index (χ4v) is 4.71. The van der Waals surface area contributed by atoms with Crippen LogP contribution >= 0.6 is 11.6 Å². The molecule has 1 aliphatic carbocycles. The van der Waals surface area contributed by atoms with Crippen LogP contribution in [0.3, 0.4) is 0 Å². The second-order valence-electron chi connectivity index (χ2n) is 6.81. The number of halogens is 4. The Bertz CT molecular complexity index is 1160. The van der Waals surface area contributed by atoms with E-state index in [1.807, 2.05) is 0 Å². The highest BCUT2D eigenvalue weighted by Crippen LogP contribution is 2.36. The molecule has 3 aromatic rings. The van der Waals surface area contributed by atoms with Crippen molar-refractivity contribution in [1.29, 1.82) is 0 Å². The van der Waals surface area contributed by atoms with E-state index in [9.17, 15) is 21.6 Å². The van der Waals surface area contributed by atoms with Gasteiger partial charge in [0, 0.05) is 16.6 Å². The summed E-state index contributed by atoms with van der Waals surface area (Å²) in [4.78, 5) is -0.429. The summed E-state index contributed by atoms with van der Waals surface area (Å²) in [5.74, 6) is 0.233. The second kappa shape index (κ2) is 7.68. The zero-order valence-electron chi connectivity index (χ0n) is 15.3. The smallest absolute Gasteiger partial charge is 0.416 e. The molecule has 1 fully saturated rings. The van der Waals surface area contributed by atoms with Crippen molar-refractivity contribution in [3.05, 3.63) is 65.0 Å². The molecule has 4 rings (SSSR count). The summed E-state index contributed by atoms with van der Waals surface area (Å²) in [6.45, 7) is -0.232. The lowest BCUT2D eigenvalue weighted by Crippen LogP contribution is -2.33. The van der Waals surface area contributed by atoms with Crippen LogP contribution in [0.1, 0.15) is 24.3 Å². The Kier molecular flexibility index (Phi) is 5.33. The fraction of sp³-hybridized carbons (Fsp3) is 0.263. The van der Waals surface area contributed by atoms with Crippen molar-refractivity contribution in [2.24, 2.45) is 0 Å². The summed E-state index contributed by atoms with van der Waals surface area (Å²) in [7, 11) is -4.19. The fourth-order valence-electron chi connectivity index (χ4n) is 2.90. The standard InChI is InChI=1S/C19H15ClF3N3O3S/c20-14-6-4-12(5-7-14)18-25-24-17(29-18)11-26(15-8-9-15)30(27,28)16-3-1-2-13(10-16)19(21,22)23/h1-7,10,15H,8-9,11H2. The third-order valence-electron chi connectivity index (χ3n) is 4.57. The van der Waals surface area contributed by atoms with Crippen LogP contribution in [0.15, 0.2) is 57.8 Å². The predicted octanol–water partition coefficient (Wildman–Crippen LogP) is 4.76. The van der Waals surface area contributed by atoms with Crippen LogP contribution in [0.5, 0.6) is 0 Å². The van der Waals surface area contributed by atoms with Crippen molar-refractivity contribution in [3.8, 4) is 11.5 Å². The van der Waals surface area contributed by atoms with Crippen molar-refractivity contribution in [3.63, 3.8) is 0 Å². The molecule has 1 saturated carbocycles. The molecule has 30 heavy (non-hydrogen) atoms. The number of alkyl halides is 3. The summed E-state index contributed by atoms with van der Waals surface area (Å²) in [6.07, 6.45) is -3.43. The van der Waals surface area contributed by atoms with Crippen LogP contribution in [0.4, 0.5) is 13.2 Å². The molecule has 6 nitrogen and oxygen atoms in total. The van der Waals surface area contributed by atoms with Gasteiger partial charge in [0.15, 0.2) is 0 Å². The van der Waals surface area contributed by atoms with Crippen LogP contribution in [0.2, 0.25) is 5.02 Å². The van der Waals surface area contributed by atoms with E-state index < -0.39 is 26.7 Å². The van der Waals surface area contributed by atoms with E-state index in [1.54, 1.807) is 24.3 Å². The molecule has 11 heteroatoms. The molecule has 0 aliphatic heterocycles. The Morgan fingerprint density at radius 2 is 1.80 bits per heavy atom. The van der Waals surface area contributed by atoms with Gasteiger partial charge in [-0.3, -0.25) is 0 Å². The lowest BCUT2D eigenvalue weighted by Gasteiger charge is -2.20. The number of hydrogen-bond donors (Lipinski definition) is 0. The molecule has 2 aromatic carbocycles. The maximum Gasteiger partial charge on any atom is 0.416 e. The summed E-state index contributed by atoms with van der Waals surface area (Å²) < 4.78 is 71.9. The van der Waals surface area contributed by atoms with Crippen molar-refractivity contribution in [1.82, 2.24) is 14.5 Å². The summed E-state index contributed by atoms with van der Waals surface area (Å²) >= 11 is 5.85. The van der Waals surface area contributed by atoms with Gasteiger partial charge in [0.1, 0.15) is 0 Å². The van der Waals surface area contributed by atoms with Gasteiger partial charge in [0.05, 0.1) is 17.0 Å². The molecule has 0 bridgehead atoms. The second-order valence-corrected chi connectivity index (χ2v) is 9.14. The maximum atomic E-state index is 13.1. The van der Waals surface area contributed by atoms with Gasteiger partial charge < -0.3 is 4.42 Å². The highest BCUT2D eigenvalue weighted by molar-refractivity contribution is 7.89. The summed E-state index contributed by atoms with van der Waals surface area (Å²) in [6, 6.07) is 10.0. The lowest BCUT2D eigenvalue weighted by molar-refractivity contribution is -0.137. The zero-order chi connectivity index (χ0) is 21.5. The first-order valence-electron chi connectivity index (χ1n) is 8.92. The third-order valence-corrected chi connectivity index (χ3v) is 6.72. The lowest BCUT2D eigenvalue weighted by atomic mass is 10.2. The molecule has 1 aromatic heterocycles. The van der Waals surface area contributed by atoms with Crippen molar-refractivity contribution in [2.75, 3.05) is 0 Å². The van der Waals surface area contributed by atoms with Crippen molar-refractivity contribution in [2.45, 2.75) is 36.5 Å². The van der Waals surface area contributed by atoms with Crippen molar-refractivity contribution < 1.29 is 26.0 Å². The molecule has 0 saturated heterocycles. The molecule has 1 heterocycles. The van der Waals surface area contributed by atoms with E-state index in [4.69, 9.17) is 16.0 Å². The Hall–Kier alpha value is -2.43. The predicted molar refractivity (Wildman–Crippen MR) is 102 cm³/mol. The van der Waals surface area contributed by atoms with E-state index in [0.717, 1.165) is 22.5 Å². The minimum absolute atomic E-state index is 0.0439. The summed E-state index contributed by atoms with van der Waals surface area (Å²) in [5, 5.41) is 8.35. The molecule has 0 unspecified atom stereocenters. The average Bonchev–Trinajstić information content (AvgIpc) is 3.43. The van der Waals surface area contributed by atoms with E-state index in [-0.39, 0.29) is 24.4 Å². The Balaban J connectivity index is 1.61. The number of aromatic nitrogens is 2. The van der Waals surface area contributed by atoms with Crippen molar-refractivity contribution >= 4 is 21.6 Å². The minimum atomic E-state index is -4.64. The number of nitrogens with zero attached hydrogens (tertiary/aromatic N) is 3. The number of benzene rings is 2. The minimum Gasteiger partial charge on any atom is -0.419 e. The molecule has 0 amide bonds. The number of sulfonamides is 1. The van der Waals surface area contributed by atoms with E-state index in [0.29, 0.717) is 29.5 Å². The third kappa shape index (κ3) is 4.35. The molecule has 0 spiro atoms. The Morgan fingerprint density at radius 1 is 1.10 bits per heavy atom.